The van der Waals surface area contributed by atoms with Crippen molar-refractivity contribution >= 4 is 17.5 Å². The number of nitrogens with zero attached hydrogens (tertiary/aromatic N) is 1. The molecule has 2 rings (SSSR count). The van der Waals surface area contributed by atoms with Gasteiger partial charge in [0.05, 0.1) is 18.2 Å². The van der Waals surface area contributed by atoms with Crippen LogP contribution in [0.4, 0.5) is 13.2 Å². The van der Waals surface area contributed by atoms with Crippen molar-refractivity contribution in [2.24, 2.45) is 0 Å². The van der Waals surface area contributed by atoms with Gasteiger partial charge in [-0.3, -0.25) is 4.79 Å². The summed E-state index contributed by atoms with van der Waals surface area (Å²) in [5.74, 6) is -1.09. The fourth-order valence-electron chi connectivity index (χ4n) is 1.84. The van der Waals surface area contributed by atoms with Crippen molar-refractivity contribution in [3.05, 3.63) is 58.2 Å². The van der Waals surface area contributed by atoms with Crippen molar-refractivity contribution in [3.8, 4) is 5.88 Å². The predicted octanol–water partition coefficient (Wildman–Crippen LogP) is 3.69. The van der Waals surface area contributed by atoms with Gasteiger partial charge in [0.15, 0.2) is 0 Å². The number of nitrogens with one attached hydrogen (secondary N) is 1. The number of rotatable bonds is 4. The van der Waals surface area contributed by atoms with Crippen LogP contribution in [0.15, 0.2) is 36.5 Å². The lowest BCUT2D eigenvalue weighted by molar-refractivity contribution is -0.138. The Kier molecular flexibility index (Phi) is 5.10. The Bertz CT molecular complexity index is 703. The molecule has 1 N–H and O–H groups in total. The molecule has 1 heterocycles. The maximum absolute atomic E-state index is 13.1. The summed E-state index contributed by atoms with van der Waals surface area (Å²) < 4.78 is 43.8. The summed E-state index contributed by atoms with van der Waals surface area (Å²) in [6, 6.07) is 7.27. The maximum Gasteiger partial charge on any atom is 0.417 e. The van der Waals surface area contributed by atoms with Crippen molar-refractivity contribution < 1.29 is 22.7 Å². The van der Waals surface area contributed by atoms with E-state index in [0.717, 1.165) is 6.20 Å². The van der Waals surface area contributed by atoms with Crippen LogP contribution in [0.1, 0.15) is 21.5 Å². The zero-order valence-corrected chi connectivity index (χ0v) is 12.7. The Labute approximate surface area is 135 Å². The number of benzene rings is 1. The van der Waals surface area contributed by atoms with Crippen LogP contribution in [0.3, 0.4) is 0 Å². The third-order valence-corrected chi connectivity index (χ3v) is 3.26. The standard InChI is InChI=1S/C15H12ClF3N2O2/c1-23-13-6-12(15(17,18)19)11(8-20-13)14(22)21-7-9-2-4-10(16)5-3-9/h2-6,8H,7H2,1H3,(H,21,22). The fraction of sp³-hybridized carbons (Fsp3) is 0.200. The number of hydrogen-bond donors (Lipinski definition) is 1. The number of halogens is 4. The molecule has 0 spiro atoms. The molecule has 0 saturated heterocycles. The molecule has 0 radical (unpaired) electrons. The van der Waals surface area contributed by atoms with Gasteiger partial charge in [0.25, 0.3) is 5.91 Å². The van der Waals surface area contributed by atoms with Crippen LogP contribution in [0.25, 0.3) is 0 Å². The molecule has 4 nitrogen and oxygen atoms in total. The first-order valence-corrected chi connectivity index (χ1v) is 6.83. The van der Waals surface area contributed by atoms with Crippen LogP contribution in [0.2, 0.25) is 5.02 Å². The summed E-state index contributed by atoms with van der Waals surface area (Å²) >= 11 is 5.74. The van der Waals surface area contributed by atoms with Gasteiger partial charge in [-0.25, -0.2) is 4.98 Å². The number of methoxy groups -OCH3 is 1. The number of carbonyl (C=O) groups is 1. The van der Waals surface area contributed by atoms with Gasteiger partial charge < -0.3 is 10.1 Å². The largest absolute Gasteiger partial charge is 0.481 e. The highest BCUT2D eigenvalue weighted by atomic mass is 35.5. The van der Waals surface area contributed by atoms with Crippen LogP contribution in [-0.2, 0) is 12.7 Å². The van der Waals surface area contributed by atoms with E-state index < -0.39 is 23.2 Å². The SMILES string of the molecule is COc1cc(C(F)(F)F)c(C(=O)NCc2ccc(Cl)cc2)cn1. The molecule has 1 aromatic heterocycles. The van der Waals surface area contributed by atoms with Gasteiger partial charge in [-0.05, 0) is 17.7 Å². The normalized spacial score (nSPS) is 11.2. The molecule has 122 valence electrons. The molecule has 0 aliphatic carbocycles. The summed E-state index contributed by atoms with van der Waals surface area (Å²) in [7, 11) is 1.20. The van der Waals surface area contributed by atoms with Crippen molar-refractivity contribution in [1.29, 1.82) is 0 Å². The molecule has 0 atom stereocenters. The number of hydrogen-bond acceptors (Lipinski definition) is 3. The van der Waals surface area contributed by atoms with Crippen LogP contribution >= 0.6 is 11.6 Å². The Morgan fingerprint density at radius 2 is 1.96 bits per heavy atom. The molecule has 0 unspecified atom stereocenters. The first kappa shape index (κ1) is 17.1. The van der Waals surface area contributed by atoms with Crippen LogP contribution in [0.5, 0.6) is 5.88 Å². The molecule has 0 fully saturated rings. The first-order valence-electron chi connectivity index (χ1n) is 6.45. The monoisotopic (exact) mass is 344 g/mol. The molecule has 0 saturated carbocycles. The van der Waals surface area contributed by atoms with Gasteiger partial charge in [0, 0.05) is 23.8 Å². The smallest absolute Gasteiger partial charge is 0.417 e. The van der Waals surface area contributed by atoms with E-state index in [1.807, 2.05) is 0 Å². The van der Waals surface area contributed by atoms with Gasteiger partial charge >= 0.3 is 6.18 Å². The highest BCUT2D eigenvalue weighted by Crippen LogP contribution is 2.33. The minimum absolute atomic E-state index is 0.0688. The molecule has 1 amide bonds. The van der Waals surface area contributed by atoms with Crippen molar-refractivity contribution in [3.63, 3.8) is 0 Å². The van der Waals surface area contributed by atoms with E-state index in [1.54, 1.807) is 24.3 Å². The molecular weight excluding hydrogens is 333 g/mol. The Morgan fingerprint density at radius 3 is 2.52 bits per heavy atom. The van der Waals surface area contributed by atoms with E-state index in [-0.39, 0.29) is 12.4 Å². The van der Waals surface area contributed by atoms with Crippen LogP contribution in [-0.4, -0.2) is 18.0 Å². The van der Waals surface area contributed by atoms with E-state index in [0.29, 0.717) is 16.7 Å². The third kappa shape index (κ3) is 4.35. The van der Waals surface area contributed by atoms with Gasteiger partial charge in [-0.1, -0.05) is 23.7 Å². The minimum Gasteiger partial charge on any atom is -0.481 e. The maximum atomic E-state index is 13.1. The summed E-state index contributed by atoms with van der Waals surface area (Å²) in [5.41, 5.74) is -0.956. The van der Waals surface area contributed by atoms with Crippen LogP contribution < -0.4 is 10.1 Å². The predicted molar refractivity (Wildman–Crippen MR) is 78.4 cm³/mol. The number of amides is 1. The Hall–Kier alpha value is -2.28. The lowest BCUT2D eigenvalue weighted by Gasteiger charge is -2.13. The molecule has 1 aromatic carbocycles. The summed E-state index contributed by atoms with van der Waals surface area (Å²) in [4.78, 5) is 15.7. The zero-order chi connectivity index (χ0) is 17.0. The average molecular weight is 345 g/mol. The van der Waals surface area contributed by atoms with Gasteiger partial charge in [0.1, 0.15) is 0 Å². The topological polar surface area (TPSA) is 51.2 Å². The highest BCUT2D eigenvalue weighted by molar-refractivity contribution is 6.30. The Morgan fingerprint density at radius 1 is 1.30 bits per heavy atom. The Balaban J connectivity index is 2.20. The second-order valence-electron chi connectivity index (χ2n) is 4.58. The van der Waals surface area contributed by atoms with Crippen LogP contribution in [0, 0.1) is 0 Å². The van der Waals surface area contributed by atoms with E-state index in [2.05, 4.69) is 15.0 Å². The number of ether oxygens (including phenoxy) is 1. The van der Waals surface area contributed by atoms with E-state index in [4.69, 9.17) is 11.6 Å². The number of aromatic nitrogens is 1. The van der Waals surface area contributed by atoms with Crippen molar-refractivity contribution in [2.75, 3.05) is 7.11 Å². The molecule has 0 aliphatic heterocycles. The average Bonchev–Trinajstić information content (AvgIpc) is 2.52. The first-order chi connectivity index (χ1) is 10.8. The lowest BCUT2D eigenvalue weighted by Crippen LogP contribution is -2.26. The van der Waals surface area contributed by atoms with Gasteiger partial charge in [0.2, 0.25) is 5.88 Å². The fourth-order valence-corrected chi connectivity index (χ4v) is 1.97. The number of carbonyl (C=O) groups excluding carboxylic acids is 1. The van der Waals surface area contributed by atoms with E-state index >= 15 is 0 Å². The summed E-state index contributed by atoms with van der Waals surface area (Å²) in [5, 5.41) is 2.95. The zero-order valence-electron chi connectivity index (χ0n) is 11.9. The molecule has 0 bridgehead atoms. The van der Waals surface area contributed by atoms with Gasteiger partial charge in [-0.15, -0.1) is 0 Å². The van der Waals surface area contributed by atoms with Crippen molar-refractivity contribution in [2.45, 2.75) is 12.7 Å². The lowest BCUT2D eigenvalue weighted by atomic mass is 10.1. The highest BCUT2D eigenvalue weighted by Gasteiger charge is 2.36. The molecule has 23 heavy (non-hydrogen) atoms. The minimum atomic E-state index is -4.69. The molecule has 8 heteroatoms. The van der Waals surface area contributed by atoms with E-state index in [9.17, 15) is 18.0 Å². The van der Waals surface area contributed by atoms with E-state index in [1.165, 1.54) is 7.11 Å². The number of alkyl halides is 3. The number of pyridine rings is 1. The second kappa shape index (κ2) is 6.87. The quantitative estimate of drug-likeness (QED) is 0.920. The molecular formula is C15H12ClF3N2O2. The van der Waals surface area contributed by atoms with Crippen molar-refractivity contribution in [1.82, 2.24) is 10.3 Å². The van der Waals surface area contributed by atoms with Gasteiger partial charge in [-0.2, -0.15) is 13.2 Å². The molecule has 0 aliphatic rings. The summed E-state index contributed by atoms with van der Waals surface area (Å²) in [6.45, 7) is 0.0688. The summed E-state index contributed by atoms with van der Waals surface area (Å²) in [6.07, 6.45) is -3.85. The second-order valence-corrected chi connectivity index (χ2v) is 5.02. The molecule has 2 aromatic rings. The third-order valence-electron chi connectivity index (χ3n) is 3.00.